The molecule has 1 rings (SSSR count). The molecule has 0 saturated carbocycles. The van der Waals surface area contributed by atoms with Crippen molar-refractivity contribution < 1.29 is 17.9 Å². The summed E-state index contributed by atoms with van der Waals surface area (Å²) in [6.45, 7) is 5.13. The van der Waals surface area contributed by atoms with Crippen molar-refractivity contribution >= 4 is 27.5 Å². The first-order chi connectivity index (χ1) is 8.99. The first kappa shape index (κ1) is 16.7. The molecule has 0 unspecified atom stereocenters. The van der Waals surface area contributed by atoms with Crippen LogP contribution < -0.4 is 5.32 Å². The predicted octanol–water partition coefficient (Wildman–Crippen LogP) is 2.16. The Kier molecular flexibility index (Phi) is 4.99. The van der Waals surface area contributed by atoms with Crippen LogP contribution in [0.4, 0.5) is 4.79 Å². The summed E-state index contributed by atoms with van der Waals surface area (Å²) < 4.78 is 28.3. The van der Waals surface area contributed by atoms with E-state index in [2.05, 4.69) is 10.3 Å². The van der Waals surface area contributed by atoms with E-state index < -0.39 is 21.5 Å². The molecule has 1 heterocycles. The number of hydrogen-bond donors (Lipinski definition) is 1. The minimum Gasteiger partial charge on any atom is -0.444 e. The number of carbonyl (C=O) groups excluding carboxylic acids is 1. The summed E-state index contributed by atoms with van der Waals surface area (Å²) >= 11 is 5.73. The van der Waals surface area contributed by atoms with Gasteiger partial charge in [-0.15, -0.1) is 0 Å². The van der Waals surface area contributed by atoms with Crippen LogP contribution in [-0.4, -0.2) is 31.4 Å². The van der Waals surface area contributed by atoms with E-state index in [4.69, 9.17) is 16.3 Å². The fourth-order valence-corrected chi connectivity index (χ4v) is 2.49. The number of alkyl carbamates (subject to hydrolysis) is 1. The summed E-state index contributed by atoms with van der Waals surface area (Å²) in [7, 11) is -3.48. The molecule has 0 radical (unpaired) electrons. The lowest BCUT2D eigenvalue weighted by Gasteiger charge is -2.19. The standard InChI is InChI=1S/C12H17ClN2O4S/c1-12(2,3)19-11(16)15-7-9-10(20(4,17)18)5-8(13)6-14-9/h5-6H,7H2,1-4H3,(H,15,16). The minimum absolute atomic E-state index is 0.0129. The van der Waals surface area contributed by atoms with Crippen molar-refractivity contribution in [2.45, 2.75) is 37.8 Å². The van der Waals surface area contributed by atoms with Gasteiger partial charge in [0.25, 0.3) is 0 Å². The van der Waals surface area contributed by atoms with Crippen LogP contribution >= 0.6 is 11.6 Å². The highest BCUT2D eigenvalue weighted by molar-refractivity contribution is 7.90. The molecule has 0 atom stereocenters. The first-order valence-electron chi connectivity index (χ1n) is 5.80. The molecule has 0 bridgehead atoms. The van der Waals surface area contributed by atoms with Gasteiger partial charge in [-0.1, -0.05) is 11.6 Å². The van der Waals surface area contributed by atoms with Crippen molar-refractivity contribution in [2.24, 2.45) is 0 Å². The average Bonchev–Trinajstić information content (AvgIpc) is 2.23. The number of carbonyl (C=O) groups is 1. The molecule has 0 aromatic carbocycles. The summed E-state index contributed by atoms with van der Waals surface area (Å²) in [5.74, 6) is 0. The molecule has 1 amide bonds. The van der Waals surface area contributed by atoms with Gasteiger partial charge in [0.2, 0.25) is 0 Å². The van der Waals surface area contributed by atoms with Crippen LogP contribution in [0.3, 0.4) is 0 Å². The highest BCUT2D eigenvalue weighted by atomic mass is 35.5. The van der Waals surface area contributed by atoms with Crippen molar-refractivity contribution in [1.29, 1.82) is 0 Å². The molecule has 8 heteroatoms. The molecule has 0 spiro atoms. The fraction of sp³-hybridized carbons (Fsp3) is 0.500. The fourth-order valence-electron chi connectivity index (χ4n) is 1.37. The van der Waals surface area contributed by atoms with Gasteiger partial charge in [0.15, 0.2) is 9.84 Å². The predicted molar refractivity (Wildman–Crippen MR) is 75.4 cm³/mol. The Morgan fingerprint density at radius 1 is 1.45 bits per heavy atom. The second kappa shape index (κ2) is 5.97. The first-order valence-corrected chi connectivity index (χ1v) is 8.07. The molecule has 1 aromatic rings. The topological polar surface area (TPSA) is 85.4 Å². The van der Waals surface area contributed by atoms with Gasteiger partial charge in [0, 0.05) is 12.5 Å². The maximum Gasteiger partial charge on any atom is 0.407 e. The zero-order chi connectivity index (χ0) is 15.6. The molecule has 112 valence electrons. The molecule has 0 saturated heterocycles. The van der Waals surface area contributed by atoms with Crippen molar-refractivity contribution in [1.82, 2.24) is 10.3 Å². The van der Waals surface area contributed by atoms with E-state index in [1.165, 1.54) is 12.3 Å². The van der Waals surface area contributed by atoms with Crippen LogP contribution in [0.15, 0.2) is 17.2 Å². The Bertz CT molecular complexity index is 608. The second-order valence-corrected chi connectivity index (χ2v) is 7.65. The Labute approximate surface area is 123 Å². The Hall–Kier alpha value is -1.34. The number of pyridine rings is 1. The quantitative estimate of drug-likeness (QED) is 0.922. The SMILES string of the molecule is CC(C)(C)OC(=O)NCc1ncc(Cl)cc1S(C)(=O)=O. The zero-order valence-corrected chi connectivity index (χ0v) is 13.3. The van der Waals surface area contributed by atoms with Gasteiger partial charge in [-0.2, -0.15) is 0 Å². The summed E-state index contributed by atoms with van der Waals surface area (Å²) in [6.07, 6.45) is 1.73. The van der Waals surface area contributed by atoms with E-state index in [1.54, 1.807) is 20.8 Å². The smallest absolute Gasteiger partial charge is 0.407 e. The lowest BCUT2D eigenvalue weighted by Crippen LogP contribution is -2.32. The summed E-state index contributed by atoms with van der Waals surface area (Å²) in [5, 5.41) is 2.67. The Morgan fingerprint density at radius 2 is 2.05 bits per heavy atom. The lowest BCUT2D eigenvalue weighted by molar-refractivity contribution is 0.0522. The van der Waals surface area contributed by atoms with Gasteiger partial charge in [-0.25, -0.2) is 13.2 Å². The van der Waals surface area contributed by atoms with Gasteiger partial charge < -0.3 is 10.1 Å². The molecule has 1 aromatic heterocycles. The Morgan fingerprint density at radius 3 is 2.55 bits per heavy atom. The van der Waals surface area contributed by atoms with Gasteiger partial charge in [0.05, 0.1) is 22.2 Å². The van der Waals surface area contributed by atoms with Gasteiger partial charge in [-0.05, 0) is 26.8 Å². The maximum absolute atomic E-state index is 11.6. The van der Waals surface area contributed by atoms with Crippen molar-refractivity contribution in [2.75, 3.05) is 6.26 Å². The number of halogens is 1. The average molecular weight is 321 g/mol. The van der Waals surface area contributed by atoms with Gasteiger partial charge in [0.1, 0.15) is 5.60 Å². The molecule has 20 heavy (non-hydrogen) atoms. The van der Waals surface area contributed by atoms with Crippen LogP contribution in [0.2, 0.25) is 5.02 Å². The third-order valence-electron chi connectivity index (χ3n) is 2.10. The van der Waals surface area contributed by atoms with Crippen molar-refractivity contribution in [3.63, 3.8) is 0 Å². The molecular weight excluding hydrogens is 304 g/mol. The summed E-state index contributed by atoms with van der Waals surface area (Å²) in [5.41, 5.74) is -0.417. The summed E-state index contributed by atoms with van der Waals surface area (Å²) in [4.78, 5) is 15.4. The number of rotatable bonds is 3. The number of sulfone groups is 1. The highest BCUT2D eigenvalue weighted by Gasteiger charge is 2.19. The van der Waals surface area contributed by atoms with Crippen LogP contribution in [-0.2, 0) is 21.1 Å². The lowest BCUT2D eigenvalue weighted by atomic mass is 10.2. The number of hydrogen-bond acceptors (Lipinski definition) is 5. The monoisotopic (exact) mass is 320 g/mol. The third-order valence-corrected chi connectivity index (χ3v) is 3.45. The van der Waals surface area contributed by atoms with E-state index in [0.717, 1.165) is 6.26 Å². The second-order valence-electron chi connectivity index (χ2n) is 5.23. The molecule has 6 nitrogen and oxygen atoms in total. The van der Waals surface area contributed by atoms with Gasteiger partial charge in [-0.3, -0.25) is 4.98 Å². The number of aromatic nitrogens is 1. The van der Waals surface area contributed by atoms with Crippen LogP contribution in [0.5, 0.6) is 0 Å². The number of nitrogens with one attached hydrogen (secondary N) is 1. The molecular formula is C12H17ClN2O4S. The van der Waals surface area contributed by atoms with E-state index in [1.807, 2.05) is 0 Å². The van der Waals surface area contributed by atoms with Gasteiger partial charge >= 0.3 is 6.09 Å². The van der Waals surface area contributed by atoms with Crippen LogP contribution in [0.1, 0.15) is 26.5 Å². The molecule has 1 N–H and O–H groups in total. The largest absolute Gasteiger partial charge is 0.444 e. The van der Waals surface area contributed by atoms with E-state index >= 15 is 0 Å². The maximum atomic E-state index is 11.6. The number of amides is 1. The molecule has 0 aliphatic carbocycles. The number of nitrogens with zero attached hydrogens (tertiary/aromatic N) is 1. The van der Waals surface area contributed by atoms with Crippen molar-refractivity contribution in [3.8, 4) is 0 Å². The van der Waals surface area contributed by atoms with E-state index in [0.29, 0.717) is 0 Å². The van der Waals surface area contributed by atoms with Crippen molar-refractivity contribution in [3.05, 3.63) is 23.0 Å². The van der Waals surface area contributed by atoms with Crippen LogP contribution in [0, 0.1) is 0 Å². The molecule has 0 fully saturated rings. The third kappa shape index (κ3) is 5.34. The zero-order valence-electron chi connectivity index (χ0n) is 11.7. The van der Waals surface area contributed by atoms with E-state index in [9.17, 15) is 13.2 Å². The Balaban J connectivity index is 2.87. The minimum atomic E-state index is -3.48. The molecule has 0 aliphatic rings. The van der Waals surface area contributed by atoms with E-state index in [-0.39, 0.29) is 22.2 Å². The normalized spacial score (nSPS) is 12.1. The van der Waals surface area contributed by atoms with Crippen LogP contribution in [0.25, 0.3) is 0 Å². The summed E-state index contributed by atoms with van der Waals surface area (Å²) in [6, 6.07) is 1.30. The highest BCUT2D eigenvalue weighted by Crippen LogP contribution is 2.18. The molecule has 0 aliphatic heterocycles. The number of ether oxygens (including phenoxy) is 1.